The van der Waals surface area contributed by atoms with Crippen molar-refractivity contribution in [1.82, 2.24) is 20.2 Å². The number of fused-ring (bicyclic) bond motifs is 1. The minimum Gasteiger partial charge on any atom is -0.480 e. The Morgan fingerprint density at radius 1 is 1.00 bits per heavy atom. The smallest absolute Gasteiger partial charge is 0.317 e. The van der Waals surface area contributed by atoms with Gasteiger partial charge < -0.3 is 19.9 Å². The number of nitrogens with zero attached hydrogens (tertiary/aromatic N) is 6. The second-order valence-corrected chi connectivity index (χ2v) is 7.52. The van der Waals surface area contributed by atoms with Crippen LogP contribution in [0, 0.1) is 20.2 Å². The number of nitro benzene ring substituents is 2. The number of hydrogen-bond donors (Lipinski definition) is 1. The van der Waals surface area contributed by atoms with E-state index in [0.717, 1.165) is 6.07 Å². The Bertz CT molecular complexity index is 1230. The molecule has 1 aliphatic rings. The first-order chi connectivity index (χ1) is 16.4. The molecular formula is C21H21N7O6. The van der Waals surface area contributed by atoms with Gasteiger partial charge in [0, 0.05) is 38.3 Å². The molecule has 0 unspecified atom stereocenters. The number of nitrogens with one attached hydrogen (secondary N) is 1. The van der Waals surface area contributed by atoms with Crippen molar-refractivity contribution in [2.45, 2.75) is 6.54 Å². The van der Waals surface area contributed by atoms with Crippen LogP contribution in [-0.2, 0) is 6.54 Å². The number of anilines is 1. The molecule has 2 heterocycles. The van der Waals surface area contributed by atoms with Crippen LogP contribution in [0.3, 0.4) is 0 Å². The molecule has 2 aromatic carbocycles. The number of amides is 2. The van der Waals surface area contributed by atoms with Gasteiger partial charge in [-0.2, -0.15) is 0 Å². The predicted molar refractivity (Wildman–Crippen MR) is 122 cm³/mol. The highest BCUT2D eigenvalue weighted by Gasteiger charge is 2.25. The lowest BCUT2D eigenvalue weighted by Gasteiger charge is -2.35. The molecule has 0 atom stereocenters. The monoisotopic (exact) mass is 467 g/mol. The average Bonchev–Trinajstić information content (AvgIpc) is 2.86. The number of ether oxygens (including phenoxy) is 1. The van der Waals surface area contributed by atoms with Crippen molar-refractivity contribution in [3.8, 4) is 5.88 Å². The second kappa shape index (κ2) is 9.52. The van der Waals surface area contributed by atoms with Gasteiger partial charge in [0.05, 0.1) is 46.3 Å². The van der Waals surface area contributed by atoms with E-state index in [-0.39, 0.29) is 24.0 Å². The summed E-state index contributed by atoms with van der Waals surface area (Å²) in [4.78, 5) is 46.0. The molecule has 3 aromatic rings. The molecule has 0 aliphatic carbocycles. The van der Waals surface area contributed by atoms with E-state index in [0.29, 0.717) is 54.5 Å². The largest absolute Gasteiger partial charge is 0.480 e. The maximum atomic E-state index is 12.7. The third-order valence-electron chi connectivity index (χ3n) is 5.45. The molecule has 1 saturated heterocycles. The number of urea groups is 1. The van der Waals surface area contributed by atoms with Crippen LogP contribution in [0.2, 0.25) is 0 Å². The molecule has 1 aliphatic heterocycles. The van der Waals surface area contributed by atoms with E-state index in [1.165, 1.54) is 19.2 Å². The van der Waals surface area contributed by atoms with Crippen LogP contribution < -0.4 is 15.0 Å². The third kappa shape index (κ3) is 4.77. The van der Waals surface area contributed by atoms with E-state index in [1.54, 1.807) is 9.80 Å². The van der Waals surface area contributed by atoms with Gasteiger partial charge in [-0.05, 0) is 12.1 Å². The normalized spacial score (nSPS) is 13.6. The zero-order valence-electron chi connectivity index (χ0n) is 18.2. The molecule has 0 spiro atoms. The first kappa shape index (κ1) is 22.6. The van der Waals surface area contributed by atoms with Gasteiger partial charge in [0.1, 0.15) is 5.69 Å². The van der Waals surface area contributed by atoms with E-state index < -0.39 is 9.85 Å². The molecule has 176 valence electrons. The molecular weight excluding hydrogens is 446 g/mol. The average molecular weight is 467 g/mol. The van der Waals surface area contributed by atoms with Crippen LogP contribution >= 0.6 is 0 Å². The summed E-state index contributed by atoms with van der Waals surface area (Å²) >= 11 is 0. The van der Waals surface area contributed by atoms with Crippen molar-refractivity contribution < 1.29 is 19.4 Å². The molecule has 2 amide bonds. The predicted octanol–water partition coefficient (Wildman–Crippen LogP) is 2.49. The Kier molecular flexibility index (Phi) is 6.34. The van der Waals surface area contributed by atoms with Crippen LogP contribution in [0.5, 0.6) is 5.88 Å². The maximum absolute atomic E-state index is 12.7. The Labute approximate surface area is 193 Å². The van der Waals surface area contributed by atoms with Crippen LogP contribution in [0.4, 0.5) is 21.9 Å². The number of non-ortho nitro benzene ring substituents is 2. The standard InChI is InChI=1S/C21H21N7O6/c1-34-20-19(23-17-4-2-3-5-18(17)24-20)13-22-21(29)26-8-6-25(7-9-26)14-10-15(27(30)31)12-16(11-14)28(32)33/h2-5,10-12H,6-9,13H2,1H3,(H,22,29). The fourth-order valence-corrected chi connectivity index (χ4v) is 3.71. The Hall–Kier alpha value is -4.55. The van der Waals surface area contributed by atoms with Crippen molar-refractivity contribution in [3.05, 3.63) is 68.4 Å². The van der Waals surface area contributed by atoms with E-state index in [1.807, 2.05) is 24.3 Å². The van der Waals surface area contributed by atoms with Gasteiger partial charge in [-0.15, -0.1) is 0 Å². The van der Waals surface area contributed by atoms with Gasteiger partial charge in [0.2, 0.25) is 5.88 Å². The summed E-state index contributed by atoms with van der Waals surface area (Å²) in [6.07, 6.45) is 0. The highest BCUT2D eigenvalue weighted by Crippen LogP contribution is 2.29. The van der Waals surface area contributed by atoms with E-state index >= 15 is 0 Å². The number of benzene rings is 2. The Morgan fingerprint density at radius 3 is 2.15 bits per heavy atom. The van der Waals surface area contributed by atoms with Gasteiger partial charge >= 0.3 is 6.03 Å². The van der Waals surface area contributed by atoms with E-state index in [9.17, 15) is 25.0 Å². The van der Waals surface area contributed by atoms with Crippen molar-refractivity contribution in [1.29, 1.82) is 0 Å². The molecule has 13 nitrogen and oxygen atoms in total. The van der Waals surface area contributed by atoms with Gasteiger partial charge in [-0.3, -0.25) is 20.2 Å². The summed E-state index contributed by atoms with van der Waals surface area (Å²) in [7, 11) is 1.49. The molecule has 1 fully saturated rings. The zero-order valence-corrected chi connectivity index (χ0v) is 18.2. The molecule has 34 heavy (non-hydrogen) atoms. The highest BCUT2D eigenvalue weighted by atomic mass is 16.6. The lowest BCUT2D eigenvalue weighted by Crippen LogP contribution is -2.51. The first-order valence-corrected chi connectivity index (χ1v) is 10.4. The van der Waals surface area contributed by atoms with E-state index in [4.69, 9.17) is 4.74 Å². The minimum atomic E-state index is -0.663. The molecule has 4 rings (SSSR count). The summed E-state index contributed by atoms with van der Waals surface area (Å²) in [6.45, 7) is 1.53. The first-order valence-electron chi connectivity index (χ1n) is 10.4. The number of carbonyl (C=O) groups excluding carboxylic acids is 1. The Balaban J connectivity index is 1.39. The number of para-hydroxylation sites is 2. The summed E-state index contributed by atoms with van der Waals surface area (Å²) in [5, 5.41) is 25.1. The van der Waals surface area contributed by atoms with Gasteiger partial charge in [-0.25, -0.2) is 14.8 Å². The molecule has 0 radical (unpaired) electrons. The number of hydrogen-bond acceptors (Lipinski definition) is 9. The van der Waals surface area contributed by atoms with Crippen LogP contribution in [0.15, 0.2) is 42.5 Å². The topological polar surface area (TPSA) is 157 Å². The summed E-state index contributed by atoms with van der Waals surface area (Å²) < 4.78 is 5.31. The van der Waals surface area contributed by atoms with Crippen molar-refractivity contribution in [3.63, 3.8) is 0 Å². The molecule has 1 N–H and O–H groups in total. The van der Waals surface area contributed by atoms with Crippen molar-refractivity contribution >= 4 is 34.1 Å². The fraction of sp³-hybridized carbons (Fsp3) is 0.286. The van der Waals surface area contributed by atoms with Crippen molar-refractivity contribution in [2.75, 3.05) is 38.2 Å². The highest BCUT2D eigenvalue weighted by molar-refractivity contribution is 5.76. The fourth-order valence-electron chi connectivity index (χ4n) is 3.71. The van der Waals surface area contributed by atoms with Gasteiger partial charge in [0.15, 0.2) is 0 Å². The van der Waals surface area contributed by atoms with E-state index in [2.05, 4.69) is 15.3 Å². The summed E-state index contributed by atoms with van der Waals surface area (Å²) in [6, 6.07) is 10.6. The zero-order chi connectivity index (χ0) is 24.2. The van der Waals surface area contributed by atoms with Crippen LogP contribution in [0.25, 0.3) is 11.0 Å². The Morgan fingerprint density at radius 2 is 1.59 bits per heavy atom. The maximum Gasteiger partial charge on any atom is 0.317 e. The molecule has 13 heteroatoms. The molecule has 0 saturated carbocycles. The van der Waals surface area contributed by atoms with Gasteiger partial charge in [-0.1, -0.05) is 12.1 Å². The SMILES string of the molecule is COc1nc2ccccc2nc1CNC(=O)N1CCN(c2cc([N+](=O)[O-])cc([N+](=O)[O-])c2)CC1. The number of aromatic nitrogens is 2. The number of nitro groups is 2. The van der Waals surface area contributed by atoms with Crippen LogP contribution in [0.1, 0.15) is 5.69 Å². The van der Waals surface area contributed by atoms with Crippen molar-refractivity contribution in [2.24, 2.45) is 0 Å². The number of rotatable bonds is 6. The third-order valence-corrected chi connectivity index (χ3v) is 5.45. The van der Waals surface area contributed by atoms with Crippen LogP contribution in [-0.4, -0.2) is 64.0 Å². The minimum absolute atomic E-state index is 0.122. The molecule has 0 bridgehead atoms. The second-order valence-electron chi connectivity index (χ2n) is 7.52. The quantitative estimate of drug-likeness (QED) is 0.425. The van der Waals surface area contributed by atoms with Gasteiger partial charge in [0.25, 0.3) is 11.4 Å². The molecule has 1 aromatic heterocycles. The number of piperazine rings is 1. The summed E-state index contributed by atoms with van der Waals surface area (Å²) in [5.74, 6) is 0.330. The lowest BCUT2D eigenvalue weighted by molar-refractivity contribution is -0.394. The number of carbonyl (C=O) groups is 1. The number of methoxy groups -OCH3 is 1. The lowest BCUT2D eigenvalue weighted by atomic mass is 10.2. The summed E-state index contributed by atoms with van der Waals surface area (Å²) in [5.41, 5.74) is 1.54.